The summed E-state index contributed by atoms with van der Waals surface area (Å²) in [7, 11) is 0. The summed E-state index contributed by atoms with van der Waals surface area (Å²) in [5, 5.41) is 3.35. The number of aromatic nitrogens is 1. The van der Waals surface area contributed by atoms with E-state index in [1.54, 1.807) is 0 Å². The van der Waals surface area contributed by atoms with Gasteiger partial charge < -0.3 is 11.1 Å². The molecule has 1 aliphatic heterocycles. The molecule has 1 fully saturated rings. The number of carbonyl (C=O) groups excluding carboxylic acids is 1. The third kappa shape index (κ3) is 1.35. The van der Waals surface area contributed by atoms with E-state index >= 15 is 0 Å². The fourth-order valence-electron chi connectivity index (χ4n) is 1.71. The molecule has 0 saturated carbocycles. The lowest BCUT2D eigenvalue weighted by molar-refractivity contribution is 0.251. The van der Waals surface area contributed by atoms with Gasteiger partial charge in [-0.15, -0.1) is 0 Å². The van der Waals surface area contributed by atoms with Crippen molar-refractivity contribution in [1.82, 2.24) is 10.3 Å². The molecule has 3 N–H and O–H groups in total. The van der Waals surface area contributed by atoms with Gasteiger partial charge in [-0.25, -0.2) is 9.78 Å². The highest BCUT2D eigenvalue weighted by Gasteiger charge is 2.31. The van der Waals surface area contributed by atoms with Crippen LogP contribution in [0.3, 0.4) is 0 Å². The first kappa shape index (κ1) is 9.56. The Morgan fingerprint density at radius 3 is 3.00 bits per heavy atom. The Morgan fingerprint density at radius 2 is 2.31 bits per heavy atom. The van der Waals surface area contributed by atoms with Gasteiger partial charge in [-0.05, 0) is 12.1 Å². The maximum absolute atomic E-state index is 11.6. The molecule has 0 radical (unpaired) electrons. The Hall–Kier alpha value is -1.66. The Morgan fingerprint density at radius 1 is 1.50 bits per heavy atom. The summed E-state index contributed by atoms with van der Waals surface area (Å²) in [6, 6.07) is 7.61. The number of nitrogens with zero attached hydrogens (tertiary/aromatic N) is 2. The van der Waals surface area contributed by atoms with E-state index in [1.165, 1.54) is 16.2 Å². The summed E-state index contributed by atoms with van der Waals surface area (Å²) in [5.74, 6) is 0. The normalized spacial score (nSPS) is 20.4. The fourth-order valence-corrected chi connectivity index (χ4v) is 2.73. The van der Waals surface area contributed by atoms with E-state index in [0.29, 0.717) is 11.7 Å². The van der Waals surface area contributed by atoms with E-state index in [-0.39, 0.29) is 12.2 Å². The molecule has 6 heteroatoms. The lowest BCUT2D eigenvalue weighted by Gasteiger charge is -2.15. The van der Waals surface area contributed by atoms with Gasteiger partial charge in [-0.1, -0.05) is 23.5 Å². The number of carbonyl (C=O) groups is 1. The van der Waals surface area contributed by atoms with Crippen molar-refractivity contribution < 1.29 is 4.79 Å². The smallest absolute Gasteiger partial charge is 0.325 e. The van der Waals surface area contributed by atoms with Crippen LogP contribution in [0.4, 0.5) is 9.93 Å². The van der Waals surface area contributed by atoms with Crippen molar-refractivity contribution in [3.8, 4) is 0 Å². The van der Waals surface area contributed by atoms with Crippen LogP contribution in [-0.2, 0) is 0 Å². The Balaban J connectivity index is 2.08. The maximum Gasteiger partial charge on any atom is 0.325 e. The Kier molecular flexibility index (Phi) is 2.05. The molecule has 2 aromatic rings. The molecule has 1 aromatic carbocycles. The summed E-state index contributed by atoms with van der Waals surface area (Å²) in [5.41, 5.74) is 6.73. The van der Waals surface area contributed by atoms with Gasteiger partial charge in [0.2, 0.25) is 0 Å². The fraction of sp³-hybridized carbons (Fsp3) is 0.200. The predicted molar refractivity (Wildman–Crippen MR) is 63.5 cm³/mol. The van der Waals surface area contributed by atoms with E-state index < -0.39 is 0 Å². The zero-order valence-electron chi connectivity index (χ0n) is 8.38. The van der Waals surface area contributed by atoms with Crippen molar-refractivity contribution in [2.24, 2.45) is 5.73 Å². The van der Waals surface area contributed by atoms with Crippen LogP contribution in [0.15, 0.2) is 24.3 Å². The van der Waals surface area contributed by atoms with E-state index in [1.807, 2.05) is 24.3 Å². The molecule has 16 heavy (non-hydrogen) atoms. The highest BCUT2D eigenvalue weighted by Crippen LogP contribution is 2.29. The molecule has 1 aliphatic rings. The van der Waals surface area contributed by atoms with Crippen molar-refractivity contribution in [3.63, 3.8) is 0 Å². The number of fused-ring (bicyclic) bond motifs is 1. The molecule has 1 unspecified atom stereocenters. The first-order chi connectivity index (χ1) is 7.75. The molecule has 1 aromatic heterocycles. The molecule has 5 nitrogen and oxygen atoms in total. The van der Waals surface area contributed by atoms with Gasteiger partial charge in [0.1, 0.15) is 6.17 Å². The number of para-hydroxylation sites is 1. The topological polar surface area (TPSA) is 71.2 Å². The number of benzene rings is 1. The maximum atomic E-state index is 11.6. The lowest BCUT2D eigenvalue weighted by atomic mass is 10.3. The summed E-state index contributed by atoms with van der Waals surface area (Å²) in [4.78, 5) is 17.5. The minimum absolute atomic E-state index is 0.174. The van der Waals surface area contributed by atoms with Crippen LogP contribution in [0.2, 0.25) is 0 Å². The van der Waals surface area contributed by atoms with Gasteiger partial charge >= 0.3 is 6.03 Å². The van der Waals surface area contributed by atoms with Gasteiger partial charge in [0.25, 0.3) is 0 Å². The van der Waals surface area contributed by atoms with Crippen LogP contribution >= 0.6 is 11.3 Å². The first-order valence-electron chi connectivity index (χ1n) is 4.94. The number of rotatable bonds is 1. The van der Waals surface area contributed by atoms with Gasteiger partial charge in [0, 0.05) is 0 Å². The number of hydrogen-bond donors (Lipinski definition) is 2. The number of nitrogens with two attached hydrogens (primary N) is 1. The number of urea groups is 1. The SMILES string of the molecule is NC1CNC(=O)N1c1nc2ccccc2s1. The van der Waals surface area contributed by atoms with Crippen LogP contribution in [0.25, 0.3) is 10.2 Å². The third-order valence-corrected chi connectivity index (χ3v) is 3.54. The standard InChI is InChI=1S/C10H10N4OS/c11-8-5-12-9(15)14(8)10-13-6-3-1-2-4-7(6)16-10/h1-4,8H,5,11H2,(H,12,15). The summed E-state index contributed by atoms with van der Waals surface area (Å²) < 4.78 is 1.06. The second kappa shape index (κ2) is 3.43. The number of thiazole rings is 1. The number of nitrogens with one attached hydrogen (secondary N) is 1. The minimum atomic E-state index is -0.326. The molecule has 3 rings (SSSR count). The predicted octanol–water partition coefficient (Wildman–Crippen LogP) is 1.11. The zero-order valence-corrected chi connectivity index (χ0v) is 9.20. The molecule has 82 valence electrons. The van der Waals surface area contributed by atoms with Crippen LogP contribution in [0.1, 0.15) is 0 Å². The van der Waals surface area contributed by atoms with Gasteiger partial charge in [0.05, 0.1) is 16.8 Å². The second-order valence-corrected chi connectivity index (χ2v) is 4.60. The van der Waals surface area contributed by atoms with Crippen LogP contribution in [0.5, 0.6) is 0 Å². The largest absolute Gasteiger partial charge is 0.334 e. The number of amides is 2. The van der Waals surface area contributed by atoms with Crippen LogP contribution < -0.4 is 16.0 Å². The van der Waals surface area contributed by atoms with Gasteiger partial charge in [0.15, 0.2) is 5.13 Å². The van der Waals surface area contributed by atoms with Crippen molar-refractivity contribution in [1.29, 1.82) is 0 Å². The lowest BCUT2D eigenvalue weighted by Crippen LogP contribution is -2.40. The summed E-state index contributed by atoms with van der Waals surface area (Å²) in [6.45, 7) is 0.467. The molecule has 0 aliphatic carbocycles. The van der Waals surface area contributed by atoms with Crippen molar-refractivity contribution in [3.05, 3.63) is 24.3 Å². The molecule has 0 spiro atoms. The molecule has 1 saturated heterocycles. The zero-order chi connectivity index (χ0) is 11.1. The summed E-state index contributed by atoms with van der Waals surface area (Å²) >= 11 is 1.48. The number of hydrogen-bond acceptors (Lipinski definition) is 4. The monoisotopic (exact) mass is 234 g/mol. The highest BCUT2D eigenvalue weighted by molar-refractivity contribution is 7.22. The van der Waals surface area contributed by atoms with Crippen molar-refractivity contribution >= 4 is 32.7 Å². The first-order valence-corrected chi connectivity index (χ1v) is 5.75. The third-order valence-electron chi connectivity index (χ3n) is 2.50. The molecule has 2 amide bonds. The minimum Gasteiger partial charge on any atom is -0.334 e. The van der Waals surface area contributed by atoms with Gasteiger partial charge in [-0.2, -0.15) is 0 Å². The van der Waals surface area contributed by atoms with Crippen molar-refractivity contribution in [2.45, 2.75) is 6.17 Å². The van der Waals surface area contributed by atoms with Gasteiger partial charge in [-0.3, -0.25) is 4.90 Å². The molecule has 1 atom stereocenters. The van der Waals surface area contributed by atoms with Crippen LogP contribution in [0, 0.1) is 0 Å². The molecular formula is C10H10N4OS. The summed E-state index contributed by atoms with van der Waals surface area (Å²) in [6.07, 6.45) is -0.326. The van der Waals surface area contributed by atoms with E-state index in [4.69, 9.17) is 5.73 Å². The average Bonchev–Trinajstić information content (AvgIpc) is 2.82. The van der Waals surface area contributed by atoms with Crippen molar-refractivity contribution in [2.75, 3.05) is 11.4 Å². The molecular weight excluding hydrogens is 224 g/mol. The van der Waals surface area contributed by atoms with E-state index in [9.17, 15) is 4.79 Å². The van der Waals surface area contributed by atoms with E-state index in [0.717, 1.165) is 10.2 Å². The van der Waals surface area contributed by atoms with Crippen LogP contribution in [-0.4, -0.2) is 23.7 Å². The average molecular weight is 234 g/mol. The second-order valence-electron chi connectivity index (χ2n) is 3.59. The number of anilines is 1. The molecule has 2 heterocycles. The Labute approximate surface area is 95.9 Å². The molecule has 0 bridgehead atoms. The quantitative estimate of drug-likeness (QED) is 0.776. The van der Waals surface area contributed by atoms with E-state index in [2.05, 4.69) is 10.3 Å². The Bertz CT molecular complexity index is 519. The highest BCUT2D eigenvalue weighted by atomic mass is 32.1.